The van der Waals surface area contributed by atoms with Crippen LogP contribution in [0.1, 0.15) is 117 Å². The van der Waals surface area contributed by atoms with Crippen molar-refractivity contribution >= 4 is 8.25 Å². The van der Waals surface area contributed by atoms with Gasteiger partial charge in [-0.2, -0.15) is 0 Å². The molecule has 0 N–H and O–H groups in total. The van der Waals surface area contributed by atoms with Crippen LogP contribution in [0.3, 0.4) is 0 Å². The summed E-state index contributed by atoms with van der Waals surface area (Å²) >= 11 is 0. The fourth-order valence-corrected chi connectivity index (χ4v) is 3.53. The van der Waals surface area contributed by atoms with E-state index in [1.54, 1.807) is 0 Å². The van der Waals surface area contributed by atoms with Crippen LogP contribution in [-0.4, -0.2) is 13.2 Å². The van der Waals surface area contributed by atoms with Crippen LogP contribution in [0.15, 0.2) is 0 Å². The van der Waals surface area contributed by atoms with E-state index in [2.05, 4.69) is 13.8 Å². The Kier molecular flexibility index (Phi) is 29.3. The first-order valence-electron chi connectivity index (χ1n) is 10.6. The van der Waals surface area contributed by atoms with Crippen molar-refractivity contribution in [2.45, 2.75) is 117 Å². The van der Waals surface area contributed by atoms with Gasteiger partial charge in [0.2, 0.25) is 0 Å². The van der Waals surface area contributed by atoms with Crippen molar-refractivity contribution in [1.29, 1.82) is 0 Å². The van der Waals surface area contributed by atoms with Gasteiger partial charge < -0.3 is 9.05 Å². The summed E-state index contributed by atoms with van der Waals surface area (Å²) in [6, 6.07) is 0. The molecule has 0 unspecified atom stereocenters. The molecular weight excluding hydrogens is 463 g/mol. The first-order chi connectivity index (χ1) is 11.8. The predicted molar refractivity (Wildman–Crippen MR) is 106 cm³/mol. The topological polar surface area (TPSA) is 35.5 Å². The molecule has 0 fully saturated rings. The van der Waals surface area contributed by atoms with Crippen molar-refractivity contribution in [2.75, 3.05) is 13.2 Å². The van der Waals surface area contributed by atoms with Crippen molar-refractivity contribution in [3.8, 4) is 0 Å². The number of rotatable bonds is 20. The van der Waals surface area contributed by atoms with E-state index >= 15 is 0 Å². The van der Waals surface area contributed by atoms with Gasteiger partial charge in [0.15, 0.2) is 0 Å². The molecule has 0 rings (SSSR count). The molecule has 0 aromatic carbocycles. The Morgan fingerprint density at radius 3 is 1.12 bits per heavy atom. The van der Waals surface area contributed by atoms with Crippen LogP contribution in [-0.2, 0) is 13.6 Å². The molecule has 0 amide bonds. The summed E-state index contributed by atoms with van der Waals surface area (Å²) < 4.78 is 22.2. The van der Waals surface area contributed by atoms with Gasteiger partial charge in [0.25, 0.3) is 0 Å². The van der Waals surface area contributed by atoms with E-state index in [9.17, 15) is 4.57 Å². The molecule has 0 saturated carbocycles. The van der Waals surface area contributed by atoms with Crippen molar-refractivity contribution in [3.05, 3.63) is 0 Å². The third-order valence-corrected chi connectivity index (χ3v) is 5.32. The first-order valence-corrected chi connectivity index (χ1v) is 11.8. The zero-order valence-corrected chi connectivity index (χ0v) is 21.2. The molecule has 0 heterocycles. The molecule has 0 aliphatic heterocycles. The fourth-order valence-electron chi connectivity index (χ4n) is 2.82. The Morgan fingerprint density at radius 2 is 0.800 bits per heavy atom. The molecule has 0 bridgehead atoms. The summed E-state index contributed by atoms with van der Waals surface area (Å²) in [5.41, 5.74) is 0. The van der Waals surface area contributed by atoms with E-state index in [1.807, 2.05) is 0 Å². The smallest absolute Gasteiger partial charge is 0.311 e. The summed E-state index contributed by atoms with van der Waals surface area (Å²) in [6.07, 6.45) is 20.3. The molecule has 5 heteroatoms. The maximum Gasteiger partial charge on any atom is 0.319 e. The maximum absolute atomic E-state index is 11.6. The third-order valence-electron chi connectivity index (χ3n) is 4.44. The van der Waals surface area contributed by atoms with Crippen LogP contribution in [0.25, 0.3) is 0 Å². The predicted octanol–water partition coefficient (Wildman–Crippen LogP) is 7.69. The largest absolute Gasteiger partial charge is 0.319 e. The Morgan fingerprint density at radius 1 is 0.520 bits per heavy atom. The summed E-state index contributed by atoms with van der Waals surface area (Å²) in [5, 5.41) is 0. The Labute approximate surface area is 191 Å². The average molecular weight is 507 g/mol. The second-order valence-corrected chi connectivity index (χ2v) is 7.97. The average Bonchev–Trinajstić information content (AvgIpc) is 2.59. The zero-order chi connectivity index (χ0) is 17.7. The number of unbranched alkanes of at least 4 members (excludes halogenated alkanes) is 14. The summed E-state index contributed by atoms with van der Waals surface area (Å²) in [5.74, 6) is 0. The molecule has 0 aromatic rings. The summed E-state index contributed by atoms with van der Waals surface area (Å²) in [4.78, 5) is 0. The van der Waals surface area contributed by atoms with E-state index in [0.717, 1.165) is 12.8 Å². The SMILES string of the molecule is CCCCCCCCCCO[PH](=O)OCCCCCCCCCC.[Nd]. The Hall–Kier alpha value is 1.50. The second-order valence-electron chi connectivity index (χ2n) is 6.90. The summed E-state index contributed by atoms with van der Waals surface area (Å²) in [6.45, 7) is 5.67. The number of hydrogen-bond donors (Lipinski definition) is 0. The minimum atomic E-state index is -2.25. The quantitative estimate of drug-likeness (QED) is 0.125. The van der Waals surface area contributed by atoms with Crippen LogP contribution in [0.5, 0.6) is 0 Å². The van der Waals surface area contributed by atoms with Gasteiger partial charge in [0, 0.05) is 40.8 Å². The van der Waals surface area contributed by atoms with E-state index in [1.165, 1.54) is 89.9 Å². The normalized spacial score (nSPS) is 11.0. The zero-order valence-electron chi connectivity index (χ0n) is 17.0. The monoisotopic (exact) mass is 504 g/mol. The van der Waals surface area contributed by atoms with Gasteiger partial charge in [-0.3, -0.25) is 4.57 Å². The standard InChI is InChI=1S/C20H43O3P.Nd/c1-3-5-7-9-11-13-15-17-19-22-24(21)23-20-18-16-14-12-10-8-6-4-2;/h24H,3-20H2,1-2H3;. The van der Waals surface area contributed by atoms with Gasteiger partial charge in [-0.15, -0.1) is 0 Å². The van der Waals surface area contributed by atoms with E-state index in [0.29, 0.717) is 13.2 Å². The summed E-state index contributed by atoms with van der Waals surface area (Å²) in [7, 11) is -2.25. The molecule has 0 aliphatic carbocycles. The van der Waals surface area contributed by atoms with Crippen molar-refractivity contribution in [3.63, 3.8) is 0 Å². The maximum atomic E-state index is 11.6. The number of hydrogen-bond acceptors (Lipinski definition) is 3. The van der Waals surface area contributed by atoms with Crippen molar-refractivity contribution in [2.24, 2.45) is 0 Å². The third kappa shape index (κ3) is 25.5. The van der Waals surface area contributed by atoms with Crippen molar-refractivity contribution < 1.29 is 54.5 Å². The Balaban J connectivity index is 0. The molecule has 0 radical (unpaired) electrons. The minimum absolute atomic E-state index is 0. The minimum Gasteiger partial charge on any atom is -0.311 e. The molecule has 150 valence electrons. The van der Waals surface area contributed by atoms with Crippen LogP contribution in [0, 0.1) is 40.8 Å². The Bertz CT molecular complexity index is 241. The molecule has 25 heavy (non-hydrogen) atoms. The molecule has 0 atom stereocenters. The second kappa shape index (κ2) is 25.5. The molecule has 0 spiro atoms. The molecule has 0 aliphatic rings. The molecule has 0 aromatic heterocycles. The fraction of sp³-hybridized carbons (Fsp3) is 1.00. The first kappa shape index (κ1) is 28.7. The van der Waals surface area contributed by atoms with Gasteiger partial charge in [-0.1, -0.05) is 104 Å². The van der Waals surface area contributed by atoms with Gasteiger partial charge in [-0.25, -0.2) is 0 Å². The van der Waals surface area contributed by atoms with Crippen LogP contribution >= 0.6 is 8.25 Å². The van der Waals surface area contributed by atoms with Gasteiger partial charge >= 0.3 is 8.25 Å². The van der Waals surface area contributed by atoms with Crippen molar-refractivity contribution in [1.82, 2.24) is 0 Å². The van der Waals surface area contributed by atoms with E-state index in [-0.39, 0.29) is 40.8 Å². The van der Waals surface area contributed by atoms with Crippen LogP contribution < -0.4 is 0 Å². The van der Waals surface area contributed by atoms with Gasteiger partial charge in [-0.05, 0) is 12.8 Å². The molecular formula is C20H43NdO3P. The van der Waals surface area contributed by atoms with E-state index in [4.69, 9.17) is 9.05 Å². The van der Waals surface area contributed by atoms with Gasteiger partial charge in [0.05, 0.1) is 13.2 Å². The van der Waals surface area contributed by atoms with Crippen LogP contribution in [0.2, 0.25) is 0 Å². The molecule has 0 saturated heterocycles. The van der Waals surface area contributed by atoms with Crippen LogP contribution in [0.4, 0.5) is 0 Å². The van der Waals surface area contributed by atoms with Gasteiger partial charge in [0.1, 0.15) is 0 Å². The molecule has 3 nitrogen and oxygen atoms in total. The van der Waals surface area contributed by atoms with E-state index < -0.39 is 8.25 Å².